The summed E-state index contributed by atoms with van der Waals surface area (Å²) in [5.74, 6) is 0. The van der Waals surface area contributed by atoms with E-state index in [-0.39, 0.29) is 0 Å². The van der Waals surface area contributed by atoms with Crippen LogP contribution in [0.4, 0.5) is 17.1 Å². The number of rotatable bonds is 3. The van der Waals surface area contributed by atoms with E-state index < -0.39 is 0 Å². The van der Waals surface area contributed by atoms with Crippen LogP contribution in [0, 0.1) is 0 Å². The molecular formula is C52H31BN2S2. The van der Waals surface area contributed by atoms with E-state index in [0.717, 1.165) is 7.28 Å². The number of nitrogens with one attached hydrogen (secondary N) is 1. The number of H-pyrrole nitrogens is 1. The Morgan fingerprint density at radius 3 is 1.93 bits per heavy atom. The summed E-state index contributed by atoms with van der Waals surface area (Å²) in [4.78, 5) is 6.50. The maximum Gasteiger partial charge on any atom is 0.198 e. The Kier molecular flexibility index (Phi) is 6.60. The second kappa shape index (κ2) is 11.9. The van der Waals surface area contributed by atoms with Crippen molar-refractivity contribution in [1.29, 1.82) is 0 Å². The third-order valence-electron chi connectivity index (χ3n) is 12.2. The first kappa shape index (κ1) is 31.5. The van der Waals surface area contributed by atoms with Crippen LogP contribution in [0.3, 0.4) is 0 Å². The highest BCUT2D eigenvalue weighted by Crippen LogP contribution is 2.46. The van der Waals surface area contributed by atoms with Crippen LogP contribution >= 0.6 is 22.7 Å². The van der Waals surface area contributed by atoms with Crippen molar-refractivity contribution in [1.82, 2.24) is 4.98 Å². The molecule has 1 N–H and O–H groups in total. The Balaban J connectivity index is 1.13. The molecule has 2 nitrogen and oxygen atoms in total. The predicted octanol–water partition coefficient (Wildman–Crippen LogP) is 13.7. The summed E-state index contributed by atoms with van der Waals surface area (Å²) in [5.41, 5.74) is 13.6. The van der Waals surface area contributed by atoms with Gasteiger partial charge in [0.15, 0.2) is 7.28 Å². The first-order valence-corrected chi connectivity index (χ1v) is 21.2. The second-order valence-corrected chi connectivity index (χ2v) is 17.5. The lowest BCUT2D eigenvalue weighted by atomic mass is 9.58. The molecule has 13 rings (SSSR count). The summed E-state index contributed by atoms with van der Waals surface area (Å²) in [5, 5.41) is 10.3. The lowest BCUT2D eigenvalue weighted by molar-refractivity contribution is 1.31. The lowest BCUT2D eigenvalue weighted by Crippen LogP contribution is -2.41. The largest absolute Gasteiger partial charge is 0.354 e. The number of hydrogen-bond donors (Lipinski definition) is 1. The van der Waals surface area contributed by atoms with Crippen molar-refractivity contribution < 1.29 is 0 Å². The van der Waals surface area contributed by atoms with E-state index in [2.05, 4.69) is 186 Å². The number of para-hydroxylation sites is 1. The van der Waals surface area contributed by atoms with Gasteiger partial charge in [0, 0.05) is 79.3 Å². The van der Waals surface area contributed by atoms with E-state index >= 15 is 0 Å². The summed E-state index contributed by atoms with van der Waals surface area (Å²) in [6, 6.07) is 65.7. The Morgan fingerprint density at radius 1 is 0.421 bits per heavy atom. The van der Waals surface area contributed by atoms with Gasteiger partial charge in [-0.3, -0.25) is 0 Å². The molecule has 4 heterocycles. The summed E-state index contributed by atoms with van der Waals surface area (Å²) < 4.78 is 5.30. The zero-order chi connectivity index (χ0) is 37.2. The Bertz CT molecular complexity index is 3630. The number of benzene rings is 9. The monoisotopic (exact) mass is 758 g/mol. The van der Waals surface area contributed by atoms with Crippen LogP contribution in [0.1, 0.15) is 0 Å². The van der Waals surface area contributed by atoms with Crippen molar-refractivity contribution in [3.05, 3.63) is 176 Å². The SMILES string of the molecule is B1c2cc3sc4ccccc4c3cc2N(c2ccc3sc4ccccc4c3c2)c2cc(-c3ccccc3)cc(-c3cccc4c3[nH]c3cc5ccccc5cc34)c21. The number of thiophene rings is 2. The molecule has 0 amide bonds. The van der Waals surface area contributed by atoms with E-state index in [4.69, 9.17) is 0 Å². The lowest BCUT2D eigenvalue weighted by Gasteiger charge is -2.35. The first-order chi connectivity index (χ1) is 28.2. The second-order valence-electron chi connectivity index (χ2n) is 15.4. The van der Waals surface area contributed by atoms with E-state index in [0.29, 0.717) is 0 Å². The molecule has 0 saturated heterocycles. The van der Waals surface area contributed by atoms with Crippen molar-refractivity contribution >= 4 is 131 Å². The fraction of sp³-hybridized carbons (Fsp3) is 0. The molecule has 1 aliphatic rings. The number of hydrogen-bond acceptors (Lipinski definition) is 3. The van der Waals surface area contributed by atoms with E-state index in [1.54, 1.807) is 0 Å². The normalized spacial score (nSPS) is 12.7. The molecule has 9 aromatic carbocycles. The van der Waals surface area contributed by atoms with Gasteiger partial charge >= 0.3 is 0 Å². The quantitative estimate of drug-likeness (QED) is 0.178. The van der Waals surface area contributed by atoms with Crippen LogP contribution in [0.5, 0.6) is 0 Å². The highest BCUT2D eigenvalue weighted by molar-refractivity contribution is 7.26. The molecule has 0 aliphatic carbocycles. The minimum atomic E-state index is 0.833. The molecule has 3 aromatic heterocycles. The van der Waals surface area contributed by atoms with Gasteiger partial charge in [0.2, 0.25) is 0 Å². The molecule has 1 aliphatic heterocycles. The van der Waals surface area contributed by atoms with E-state index in [1.807, 2.05) is 22.7 Å². The zero-order valence-electron chi connectivity index (χ0n) is 30.7. The standard InChI is InChI=1S/C52H31BN2S2/c1-2-11-30(12-3-1)33-24-42(38-18-10-17-37-39-23-31-13-4-5-14-32(31)25-44(39)54-52(37)38)51-46(26-33)55(34-21-22-49-40(27-34)35-15-6-8-19-47(35)56-49)45-28-41-36-16-7-9-20-48(36)57-50(41)29-43(45)53-51/h1-29,53-54H. The van der Waals surface area contributed by atoms with Gasteiger partial charge in [-0.05, 0) is 99.7 Å². The van der Waals surface area contributed by atoms with Gasteiger partial charge in [-0.15, -0.1) is 22.7 Å². The Hall–Kier alpha value is -6.66. The highest BCUT2D eigenvalue weighted by Gasteiger charge is 2.30. The van der Waals surface area contributed by atoms with Crippen LogP contribution in [0.2, 0.25) is 0 Å². The molecule has 264 valence electrons. The Morgan fingerprint density at radius 2 is 1.11 bits per heavy atom. The van der Waals surface area contributed by atoms with Crippen LogP contribution in [0.25, 0.3) is 95.2 Å². The van der Waals surface area contributed by atoms with Gasteiger partial charge in [0.1, 0.15) is 0 Å². The molecule has 0 fully saturated rings. The molecule has 0 atom stereocenters. The van der Waals surface area contributed by atoms with Gasteiger partial charge in [-0.1, -0.05) is 115 Å². The average molecular weight is 759 g/mol. The van der Waals surface area contributed by atoms with Crippen molar-refractivity contribution in [2.45, 2.75) is 0 Å². The van der Waals surface area contributed by atoms with E-state index in [1.165, 1.54) is 123 Å². The number of aromatic amines is 1. The van der Waals surface area contributed by atoms with Crippen LogP contribution in [-0.2, 0) is 0 Å². The minimum Gasteiger partial charge on any atom is -0.354 e. The van der Waals surface area contributed by atoms with Crippen LogP contribution in [0.15, 0.2) is 176 Å². The van der Waals surface area contributed by atoms with Crippen molar-refractivity contribution in [2.75, 3.05) is 4.90 Å². The molecule has 5 heteroatoms. The fourth-order valence-electron chi connectivity index (χ4n) is 9.52. The van der Waals surface area contributed by atoms with Crippen LogP contribution in [-0.4, -0.2) is 12.3 Å². The van der Waals surface area contributed by atoms with Gasteiger partial charge in [0.25, 0.3) is 0 Å². The van der Waals surface area contributed by atoms with Gasteiger partial charge in [-0.2, -0.15) is 0 Å². The maximum atomic E-state index is 3.93. The number of aromatic nitrogens is 1. The summed E-state index contributed by atoms with van der Waals surface area (Å²) in [6.07, 6.45) is 0. The Labute approximate surface area is 337 Å². The minimum absolute atomic E-state index is 0.833. The first-order valence-electron chi connectivity index (χ1n) is 19.5. The predicted molar refractivity (Wildman–Crippen MR) is 251 cm³/mol. The van der Waals surface area contributed by atoms with Crippen molar-refractivity contribution in [3.63, 3.8) is 0 Å². The zero-order valence-corrected chi connectivity index (χ0v) is 32.3. The molecule has 0 radical (unpaired) electrons. The van der Waals surface area contributed by atoms with Gasteiger partial charge in [0.05, 0.1) is 5.52 Å². The number of anilines is 3. The third-order valence-corrected chi connectivity index (χ3v) is 14.5. The van der Waals surface area contributed by atoms with E-state index in [9.17, 15) is 0 Å². The number of fused-ring (bicyclic) bond motifs is 12. The summed E-state index contributed by atoms with van der Waals surface area (Å²) in [7, 11) is 0.833. The molecular weight excluding hydrogens is 728 g/mol. The molecule has 57 heavy (non-hydrogen) atoms. The summed E-state index contributed by atoms with van der Waals surface area (Å²) in [6.45, 7) is 0. The smallest absolute Gasteiger partial charge is 0.198 e. The van der Waals surface area contributed by atoms with Crippen LogP contribution < -0.4 is 15.8 Å². The summed E-state index contributed by atoms with van der Waals surface area (Å²) >= 11 is 3.78. The fourth-order valence-corrected chi connectivity index (χ4v) is 11.8. The molecule has 12 aromatic rings. The molecule has 0 saturated carbocycles. The van der Waals surface area contributed by atoms with Gasteiger partial charge in [-0.25, -0.2) is 0 Å². The highest BCUT2D eigenvalue weighted by atomic mass is 32.1. The van der Waals surface area contributed by atoms with Gasteiger partial charge < -0.3 is 9.88 Å². The molecule has 0 spiro atoms. The average Bonchev–Trinajstić information content (AvgIpc) is 3.94. The number of nitrogens with zero attached hydrogens (tertiary/aromatic N) is 1. The third kappa shape index (κ3) is 4.70. The topological polar surface area (TPSA) is 19.0 Å². The molecule has 0 unspecified atom stereocenters. The molecule has 0 bridgehead atoms. The maximum absolute atomic E-state index is 3.93. The van der Waals surface area contributed by atoms with Crippen molar-refractivity contribution in [3.8, 4) is 22.3 Å². The van der Waals surface area contributed by atoms with Crippen molar-refractivity contribution in [2.24, 2.45) is 0 Å².